The van der Waals surface area contributed by atoms with E-state index in [1.807, 2.05) is 13.1 Å². The fourth-order valence-corrected chi connectivity index (χ4v) is 2.24. The average Bonchev–Trinajstić information content (AvgIpc) is 2.23. The number of hydrogen-bond donors (Lipinski definition) is 1. The normalized spacial score (nSPS) is 18.1. The van der Waals surface area contributed by atoms with E-state index in [9.17, 15) is 4.39 Å². The molecule has 3 nitrogen and oxygen atoms in total. The van der Waals surface area contributed by atoms with Gasteiger partial charge in [0.2, 0.25) is 0 Å². The molecule has 0 radical (unpaired) electrons. The number of rotatable bonds is 5. The van der Waals surface area contributed by atoms with Gasteiger partial charge in [-0.3, -0.25) is 0 Å². The summed E-state index contributed by atoms with van der Waals surface area (Å²) >= 11 is 0. The van der Waals surface area contributed by atoms with Crippen molar-refractivity contribution in [3.05, 3.63) is 35.6 Å². The lowest BCUT2D eigenvalue weighted by Gasteiger charge is -2.43. The third-order valence-electron chi connectivity index (χ3n) is 3.20. The highest BCUT2D eigenvalue weighted by Crippen LogP contribution is 2.27. The van der Waals surface area contributed by atoms with Crippen molar-refractivity contribution in [1.82, 2.24) is 4.90 Å². The lowest BCUT2D eigenvalue weighted by atomic mass is 9.85. The smallest absolute Gasteiger partial charge is 0.123 e. The molecule has 1 fully saturated rings. The molecule has 0 unspecified atom stereocenters. The fourth-order valence-electron chi connectivity index (χ4n) is 2.24. The van der Waals surface area contributed by atoms with Crippen molar-refractivity contribution in [2.45, 2.75) is 6.54 Å². The van der Waals surface area contributed by atoms with Crippen LogP contribution in [0.15, 0.2) is 24.3 Å². The molecule has 2 rings (SSSR count). The molecule has 0 aromatic heterocycles. The molecule has 1 aromatic carbocycles. The first-order chi connectivity index (χ1) is 8.13. The maximum absolute atomic E-state index is 13.0. The standard InChI is InChI=1S/C13H19FN2O/c1-16(8-13(7-15)9-17-10-13)6-11-3-2-4-12(14)5-11/h2-5H,6-10,15H2,1H3. The molecule has 1 heterocycles. The predicted octanol–water partition coefficient (Wildman–Crippen LogP) is 1.23. The zero-order valence-corrected chi connectivity index (χ0v) is 10.2. The molecular weight excluding hydrogens is 219 g/mol. The van der Waals surface area contributed by atoms with Crippen LogP contribution in [0, 0.1) is 11.2 Å². The monoisotopic (exact) mass is 238 g/mol. The average molecular weight is 238 g/mol. The summed E-state index contributed by atoms with van der Waals surface area (Å²) in [5.74, 6) is -0.184. The van der Waals surface area contributed by atoms with Crippen molar-refractivity contribution in [2.24, 2.45) is 11.1 Å². The van der Waals surface area contributed by atoms with Crippen LogP contribution < -0.4 is 5.73 Å². The Balaban J connectivity index is 1.90. The van der Waals surface area contributed by atoms with E-state index >= 15 is 0 Å². The highest BCUT2D eigenvalue weighted by molar-refractivity contribution is 5.16. The summed E-state index contributed by atoms with van der Waals surface area (Å²) in [6.07, 6.45) is 0. The van der Waals surface area contributed by atoms with Crippen molar-refractivity contribution in [1.29, 1.82) is 0 Å². The maximum atomic E-state index is 13.0. The first-order valence-electron chi connectivity index (χ1n) is 5.84. The van der Waals surface area contributed by atoms with Gasteiger partial charge in [0.15, 0.2) is 0 Å². The summed E-state index contributed by atoms with van der Waals surface area (Å²) in [6.45, 7) is 3.73. The molecule has 1 saturated heterocycles. The van der Waals surface area contributed by atoms with E-state index < -0.39 is 0 Å². The Hall–Kier alpha value is -0.970. The highest BCUT2D eigenvalue weighted by Gasteiger charge is 2.38. The van der Waals surface area contributed by atoms with Gasteiger partial charge in [0, 0.05) is 25.0 Å². The zero-order chi connectivity index (χ0) is 12.3. The summed E-state index contributed by atoms with van der Waals surface area (Å²) in [5.41, 5.74) is 6.85. The van der Waals surface area contributed by atoms with Gasteiger partial charge in [0.05, 0.1) is 13.2 Å². The first kappa shape index (κ1) is 12.5. The minimum Gasteiger partial charge on any atom is -0.380 e. The molecule has 4 heteroatoms. The van der Waals surface area contributed by atoms with E-state index in [0.29, 0.717) is 6.54 Å². The molecule has 17 heavy (non-hydrogen) atoms. The van der Waals surface area contributed by atoms with Gasteiger partial charge in [-0.25, -0.2) is 4.39 Å². The second-order valence-electron chi connectivity index (χ2n) is 5.00. The molecule has 1 aliphatic heterocycles. The molecule has 0 aliphatic carbocycles. The summed E-state index contributed by atoms with van der Waals surface area (Å²) in [7, 11) is 2.03. The van der Waals surface area contributed by atoms with Crippen LogP contribution in [0.1, 0.15) is 5.56 Å². The van der Waals surface area contributed by atoms with Gasteiger partial charge in [-0.1, -0.05) is 12.1 Å². The van der Waals surface area contributed by atoms with E-state index in [1.54, 1.807) is 12.1 Å². The van der Waals surface area contributed by atoms with E-state index in [0.717, 1.165) is 31.9 Å². The lowest BCUT2D eigenvalue weighted by molar-refractivity contribution is -0.118. The first-order valence-corrected chi connectivity index (χ1v) is 5.84. The van der Waals surface area contributed by atoms with Crippen LogP contribution in [-0.2, 0) is 11.3 Å². The Morgan fingerprint density at radius 3 is 2.76 bits per heavy atom. The molecule has 1 aliphatic rings. The Labute approximate surface area is 101 Å². The SMILES string of the molecule is CN(Cc1cccc(F)c1)CC1(CN)COC1. The number of halogens is 1. The molecule has 0 amide bonds. The Morgan fingerprint density at radius 2 is 2.24 bits per heavy atom. The second-order valence-corrected chi connectivity index (χ2v) is 5.00. The molecule has 94 valence electrons. The third-order valence-corrected chi connectivity index (χ3v) is 3.20. The molecular formula is C13H19FN2O. The summed E-state index contributed by atoms with van der Waals surface area (Å²) < 4.78 is 18.3. The van der Waals surface area contributed by atoms with Gasteiger partial charge in [0.1, 0.15) is 5.82 Å². The molecule has 2 N–H and O–H groups in total. The summed E-state index contributed by atoms with van der Waals surface area (Å²) in [6, 6.07) is 6.71. The number of benzene rings is 1. The summed E-state index contributed by atoms with van der Waals surface area (Å²) in [4.78, 5) is 2.17. The number of hydrogen-bond acceptors (Lipinski definition) is 3. The minimum absolute atomic E-state index is 0.0993. The highest BCUT2D eigenvalue weighted by atomic mass is 19.1. The third kappa shape index (κ3) is 3.03. The quantitative estimate of drug-likeness (QED) is 0.838. The fraction of sp³-hybridized carbons (Fsp3) is 0.538. The number of nitrogens with two attached hydrogens (primary N) is 1. The Morgan fingerprint density at radius 1 is 1.47 bits per heavy atom. The number of ether oxygens (including phenoxy) is 1. The lowest BCUT2D eigenvalue weighted by Crippen LogP contribution is -2.54. The van der Waals surface area contributed by atoms with Gasteiger partial charge < -0.3 is 15.4 Å². The molecule has 0 spiro atoms. The van der Waals surface area contributed by atoms with Crippen LogP contribution in [0.5, 0.6) is 0 Å². The van der Waals surface area contributed by atoms with Crippen LogP contribution >= 0.6 is 0 Å². The van der Waals surface area contributed by atoms with E-state index in [-0.39, 0.29) is 11.2 Å². The van der Waals surface area contributed by atoms with Crippen molar-refractivity contribution in [2.75, 3.05) is 33.4 Å². The second kappa shape index (κ2) is 5.12. The molecule has 1 aromatic rings. The van der Waals surface area contributed by atoms with Crippen LogP contribution in [0.25, 0.3) is 0 Å². The molecule has 0 atom stereocenters. The van der Waals surface area contributed by atoms with Crippen LogP contribution in [0.4, 0.5) is 4.39 Å². The Bertz CT molecular complexity index is 374. The largest absolute Gasteiger partial charge is 0.380 e. The van der Waals surface area contributed by atoms with Crippen molar-refractivity contribution < 1.29 is 9.13 Å². The molecule has 0 bridgehead atoms. The van der Waals surface area contributed by atoms with Gasteiger partial charge in [-0.2, -0.15) is 0 Å². The van der Waals surface area contributed by atoms with Crippen LogP contribution in [0.3, 0.4) is 0 Å². The van der Waals surface area contributed by atoms with Crippen molar-refractivity contribution >= 4 is 0 Å². The van der Waals surface area contributed by atoms with Gasteiger partial charge in [-0.15, -0.1) is 0 Å². The topological polar surface area (TPSA) is 38.5 Å². The van der Waals surface area contributed by atoms with Gasteiger partial charge in [0.25, 0.3) is 0 Å². The number of nitrogens with zero attached hydrogens (tertiary/aromatic N) is 1. The Kier molecular flexibility index (Phi) is 3.76. The van der Waals surface area contributed by atoms with E-state index in [2.05, 4.69) is 4.90 Å². The summed E-state index contributed by atoms with van der Waals surface area (Å²) in [5, 5.41) is 0. The van der Waals surface area contributed by atoms with Gasteiger partial charge >= 0.3 is 0 Å². The zero-order valence-electron chi connectivity index (χ0n) is 10.2. The van der Waals surface area contributed by atoms with Crippen LogP contribution in [-0.4, -0.2) is 38.3 Å². The van der Waals surface area contributed by atoms with E-state index in [1.165, 1.54) is 6.07 Å². The van der Waals surface area contributed by atoms with E-state index in [4.69, 9.17) is 10.5 Å². The predicted molar refractivity (Wildman–Crippen MR) is 65.0 cm³/mol. The van der Waals surface area contributed by atoms with Crippen molar-refractivity contribution in [3.63, 3.8) is 0 Å². The molecule has 0 saturated carbocycles. The minimum atomic E-state index is -0.184. The van der Waals surface area contributed by atoms with Crippen molar-refractivity contribution in [3.8, 4) is 0 Å². The maximum Gasteiger partial charge on any atom is 0.123 e. The van der Waals surface area contributed by atoms with Gasteiger partial charge in [-0.05, 0) is 24.7 Å². The van der Waals surface area contributed by atoms with Crippen LogP contribution in [0.2, 0.25) is 0 Å².